The van der Waals surface area contributed by atoms with Crippen LogP contribution in [0.4, 0.5) is 0 Å². The van der Waals surface area contributed by atoms with Gasteiger partial charge >= 0.3 is 0 Å². The van der Waals surface area contributed by atoms with Crippen molar-refractivity contribution in [2.24, 2.45) is 0 Å². The fourth-order valence-electron chi connectivity index (χ4n) is 0.899. The molecule has 56 valence electrons. The first-order valence-corrected chi connectivity index (χ1v) is 3.33. The lowest BCUT2D eigenvalue weighted by Crippen LogP contribution is -2.24. The van der Waals surface area contributed by atoms with Crippen LogP contribution in [0, 0.1) is 11.5 Å². The summed E-state index contributed by atoms with van der Waals surface area (Å²) in [5, 5.41) is 8.22. The molecule has 1 saturated heterocycles. The van der Waals surface area contributed by atoms with Crippen LogP contribution < -0.4 is 0 Å². The fourth-order valence-corrected chi connectivity index (χ4v) is 0.899. The van der Waals surface area contributed by atoms with Crippen molar-refractivity contribution < 1.29 is 9.47 Å². The van der Waals surface area contributed by atoms with E-state index in [2.05, 4.69) is 0 Å². The smallest absolute Gasteiger partial charge is 0.286 e. The molecule has 0 bridgehead atoms. The average Bonchev–Trinajstić information content (AvgIpc) is 2.48. The molecular formula is C7H11NO2. The predicted molar refractivity (Wildman–Crippen MR) is 35.1 cm³/mol. The van der Waals surface area contributed by atoms with Gasteiger partial charge in [0.15, 0.2) is 0 Å². The summed E-state index contributed by atoms with van der Waals surface area (Å²) < 4.78 is 9.81. The monoisotopic (exact) mass is 141 g/mol. The summed E-state index contributed by atoms with van der Waals surface area (Å²) in [6.45, 7) is 4.59. The van der Waals surface area contributed by atoms with Crippen molar-refractivity contribution in [2.75, 3.05) is 6.61 Å². The maximum atomic E-state index is 8.22. The Morgan fingerprint density at radius 2 is 2.40 bits per heavy atom. The molecule has 3 heteroatoms. The third-order valence-electron chi connectivity index (χ3n) is 1.44. The molecule has 1 fully saturated rings. The number of hydrogen-bond donors (Lipinski definition) is 0. The van der Waals surface area contributed by atoms with E-state index in [0.29, 0.717) is 6.10 Å². The maximum absolute atomic E-state index is 8.22. The van der Waals surface area contributed by atoms with Crippen molar-refractivity contribution in [2.45, 2.75) is 32.0 Å². The highest BCUT2D eigenvalue weighted by atomic mass is 16.6. The van der Waals surface area contributed by atoms with Crippen molar-refractivity contribution >= 4 is 0 Å². The standard InChI is InChI=1S/C7H11NO2/c1-7(2,10-5-8)3-6-4-9-6/h6H,3-4H2,1-2H3. The van der Waals surface area contributed by atoms with Gasteiger partial charge in [0.05, 0.1) is 12.7 Å². The van der Waals surface area contributed by atoms with Crippen LogP contribution in [0.25, 0.3) is 0 Å². The zero-order chi connectivity index (χ0) is 7.61. The summed E-state index contributed by atoms with van der Waals surface area (Å²) in [6, 6.07) is 0. The molecule has 0 N–H and O–H groups in total. The van der Waals surface area contributed by atoms with E-state index in [1.807, 2.05) is 13.8 Å². The first kappa shape index (κ1) is 7.36. The van der Waals surface area contributed by atoms with Crippen LogP contribution in [-0.2, 0) is 9.47 Å². The average molecular weight is 141 g/mol. The summed E-state index contributed by atoms with van der Waals surface area (Å²) in [5.74, 6) is 0. The molecule has 0 radical (unpaired) electrons. The van der Waals surface area contributed by atoms with E-state index >= 15 is 0 Å². The molecule has 1 heterocycles. The Morgan fingerprint density at radius 3 is 2.80 bits per heavy atom. The molecule has 0 spiro atoms. The Hall–Kier alpha value is -0.750. The van der Waals surface area contributed by atoms with Crippen LogP contribution in [0.5, 0.6) is 0 Å². The van der Waals surface area contributed by atoms with Gasteiger partial charge in [0, 0.05) is 6.42 Å². The summed E-state index contributed by atoms with van der Waals surface area (Å²) in [5.41, 5.74) is -0.351. The van der Waals surface area contributed by atoms with Gasteiger partial charge in [0.1, 0.15) is 5.60 Å². The van der Waals surface area contributed by atoms with E-state index in [1.165, 1.54) is 0 Å². The van der Waals surface area contributed by atoms with E-state index in [9.17, 15) is 0 Å². The lowest BCUT2D eigenvalue weighted by Gasteiger charge is -2.19. The van der Waals surface area contributed by atoms with Gasteiger partial charge in [-0.15, -0.1) is 0 Å². The second kappa shape index (κ2) is 2.47. The molecule has 1 atom stereocenters. The zero-order valence-electron chi connectivity index (χ0n) is 6.26. The Labute approximate surface area is 60.5 Å². The number of epoxide rings is 1. The molecule has 0 saturated carbocycles. The Bertz CT molecular complexity index is 155. The van der Waals surface area contributed by atoms with Crippen LogP contribution in [0.1, 0.15) is 20.3 Å². The maximum Gasteiger partial charge on any atom is 0.286 e. The molecule has 1 unspecified atom stereocenters. The van der Waals surface area contributed by atoms with Gasteiger partial charge in [-0.25, -0.2) is 0 Å². The second-order valence-electron chi connectivity index (χ2n) is 3.11. The van der Waals surface area contributed by atoms with Gasteiger partial charge in [0.2, 0.25) is 0 Å². The van der Waals surface area contributed by atoms with E-state index in [1.54, 1.807) is 6.26 Å². The Morgan fingerprint density at radius 1 is 1.80 bits per heavy atom. The molecule has 10 heavy (non-hydrogen) atoms. The SMILES string of the molecule is CC(C)(CC1CO1)OC#N. The van der Waals surface area contributed by atoms with Gasteiger partial charge in [-0.3, -0.25) is 0 Å². The zero-order valence-corrected chi connectivity index (χ0v) is 6.26. The second-order valence-corrected chi connectivity index (χ2v) is 3.11. The number of rotatable bonds is 3. The molecule has 3 nitrogen and oxygen atoms in total. The summed E-state index contributed by atoms with van der Waals surface area (Å²) in [7, 11) is 0. The van der Waals surface area contributed by atoms with Gasteiger partial charge < -0.3 is 9.47 Å². The number of hydrogen-bond acceptors (Lipinski definition) is 3. The van der Waals surface area contributed by atoms with Crippen molar-refractivity contribution in [1.82, 2.24) is 0 Å². The van der Waals surface area contributed by atoms with E-state index in [-0.39, 0.29) is 5.60 Å². The van der Waals surface area contributed by atoms with Crippen LogP contribution in [0.3, 0.4) is 0 Å². The largest absolute Gasteiger partial charge is 0.421 e. The van der Waals surface area contributed by atoms with Gasteiger partial charge in [-0.2, -0.15) is 5.26 Å². The molecule has 1 aliphatic rings. The Balaban J connectivity index is 2.27. The minimum atomic E-state index is -0.351. The number of nitriles is 1. The van der Waals surface area contributed by atoms with Crippen LogP contribution in [0.15, 0.2) is 0 Å². The first-order valence-electron chi connectivity index (χ1n) is 3.33. The lowest BCUT2D eigenvalue weighted by molar-refractivity contribution is 0.0556. The summed E-state index contributed by atoms with van der Waals surface area (Å²) in [4.78, 5) is 0. The number of nitrogens with zero attached hydrogens (tertiary/aromatic N) is 1. The van der Waals surface area contributed by atoms with Crippen molar-refractivity contribution in [1.29, 1.82) is 5.26 Å². The molecule has 0 amide bonds. The van der Waals surface area contributed by atoms with Gasteiger partial charge in [0.25, 0.3) is 6.26 Å². The highest BCUT2D eigenvalue weighted by molar-refractivity contribution is 4.82. The van der Waals surface area contributed by atoms with E-state index in [4.69, 9.17) is 14.7 Å². The third kappa shape index (κ3) is 2.24. The molecule has 0 aliphatic carbocycles. The Kier molecular flexibility index (Phi) is 1.82. The minimum Gasteiger partial charge on any atom is -0.421 e. The van der Waals surface area contributed by atoms with Crippen molar-refractivity contribution in [3.8, 4) is 6.26 Å². The van der Waals surface area contributed by atoms with Crippen molar-refractivity contribution in [3.05, 3.63) is 0 Å². The van der Waals surface area contributed by atoms with Crippen LogP contribution in [0.2, 0.25) is 0 Å². The van der Waals surface area contributed by atoms with Gasteiger partial charge in [-0.1, -0.05) is 0 Å². The number of ether oxygens (including phenoxy) is 2. The molecule has 0 aromatic heterocycles. The molecular weight excluding hydrogens is 130 g/mol. The lowest BCUT2D eigenvalue weighted by atomic mass is 10.0. The molecule has 0 aromatic rings. The quantitative estimate of drug-likeness (QED) is 0.436. The van der Waals surface area contributed by atoms with E-state index in [0.717, 1.165) is 13.0 Å². The highest BCUT2D eigenvalue weighted by Crippen LogP contribution is 2.24. The van der Waals surface area contributed by atoms with Gasteiger partial charge in [-0.05, 0) is 13.8 Å². The summed E-state index contributed by atoms with van der Waals surface area (Å²) in [6.07, 6.45) is 2.81. The van der Waals surface area contributed by atoms with E-state index < -0.39 is 0 Å². The fraction of sp³-hybridized carbons (Fsp3) is 0.857. The van der Waals surface area contributed by atoms with Crippen LogP contribution in [-0.4, -0.2) is 18.3 Å². The topological polar surface area (TPSA) is 45.5 Å². The summed E-state index contributed by atoms with van der Waals surface area (Å²) >= 11 is 0. The van der Waals surface area contributed by atoms with Crippen LogP contribution >= 0.6 is 0 Å². The highest BCUT2D eigenvalue weighted by Gasteiger charge is 2.32. The minimum absolute atomic E-state index is 0.323. The normalized spacial score (nSPS) is 23.5. The molecule has 1 rings (SSSR count). The first-order chi connectivity index (χ1) is 4.64. The molecule has 0 aromatic carbocycles. The third-order valence-corrected chi connectivity index (χ3v) is 1.44. The predicted octanol–water partition coefficient (Wildman–Crippen LogP) is 1.05. The van der Waals surface area contributed by atoms with Crippen molar-refractivity contribution in [3.63, 3.8) is 0 Å². The molecule has 1 aliphatic heterocycles.